The van der Waals surface area contributed by atoms with Crippen LogP contribution < -0.4 is 5.32 Å². The van der Waals surface area contributed by atoms with E-state index in [9.17, 15) is 16.8 Å². The molecule has 0 spiro atoms. The van der Waals surface area contributed by atoms with Crippen LogP contribution in [-0.2, 0) is 25.1 Å². The van der Waals surface area contributed by atoms with Crippen molar-refractivity contribution in [3.63, 3.8) is 0 Å². The zero-order valence-corrected chi connectivity index (χ0v) is 15.8. The van der Waals surface area contributed by atoms with Gasteiger partial charge in [-0.1, -0.05) is 30.3 Å². The predicted octanol–water partition coefficient (Wildman–Crippen LogP) is 2.64. The first-order valence-electron chi connectivity index (χ1n) is 7.95. The zero-order chi connectivity index (χ0) is 18.3. The van der Waals surface area contributed by atoms with Crippen molar-refractivity contribution in [1.29, 1.82) is 0 Å². The Hall–Kier alpha value is -1.86. The molecule has 7 heteroatoms. The van der Waals surface area contributed by atoms with Crippen molar-refractivity contribution in [3.05, 3.63) is 54.1 Å². The highest BCUT2D eigenvalue weighted by Gasteiger charge is 2.44. The van der Waals surface area contributed by atoms with Crippen LogP contribution in [0.2, 0.25) is 0 Å². The maximum atomic E-state index is 12.1. The van der Waals surface area contributed by atoms with E-state index >= 15 is 0 Å². The molecule has 5 nitrogen and oxygen atoms in total. The smallest absolute Gasteiger partial charge is 0.177 e. The maximum Gasteiger partial charge on any atom is 0.177 e. The summed E-state index contributed by atoms with van der Waals surface area (Å²) in [6, 6.07) is 14.3. The number of nitrogens with one attached hydrogen (secondary N) is 1. The summed E-state index contributed by atoms with van der Waals surface area (Å²) in [6.07, 6.45) is 4.24. The molecule has 0 bridgehead atoms. The molecule has 0 amide bonds. The van der Waals surface area contributed by atoms with E-state index in [4.69, 9.17) is 0 Å². The van der Waals surface area contributed by atoms with E-state index in [2.05, 4.69) is 17.4 Å². The van der Waals surface area contributed by atoms with Crippen molar-refractivity contribution in [1.82, 2.24) is 0 Å². The van der Waals surface area contributed by atoms with Gasteiger partial charge in [-0.3, -0.25) is 0 Å². The van der Waals surface area contributed by atoms with Crippen LogP contribution in [-0.4, -0.2) is 35.9 Å². The molecule has 2 aromatic rings. The molecular formula is C18H21NO4S2. The van der Waals surface area contributed by atoms with E-state index in [0.717, 1.165) is 25.4 Å². The van der Waals surface area contributed by atoms with Crippen LogP contribution in [0.4, 0.5) is 5.69 Å². The van der Waals surface area contributed by atoms with E-state index in [1.807, 2.05) is 18.2 Å². The molecule has 0 unspecified atom stereocenters. The molecule has 1 aliphatic rings. The molecule has 134 valence electrons. The standard InChI is InChI=1S/C18H21NO4S2/c1-24(20,21)15-8-9-16(17(12-15)25(2,22)23)19-13-18(10-11-18)14-6-4-3-5-7-14/h3-9,12,19H,10-11,13H2,1-2H3. The molecule has 0 aliphatic heterocycles. The molecule has 1 fully saturated rings. The first-order chi connectivity index (χ1) is 11.6. The van der Waals surface area contributed by atoms with Crippen molar-refractivity contribution in [2.75, 3.05) is 24.4 Å². The zero-order valence-electron chi connectivity index (χ0n) is 14.2. The fraction of sp³-hybridized carbons (Fsp3) is 0.333. The van der Waals surface area contributed by atoms with E-state index in [1.54, 1.807) is 0 Å². The number of hydrogen-bond acceptors (Lipinski definition) is 5. The van der Waals surface area contributed by atoms with Gasteiger partial charge in [0.05, 0.1) is 15.5 Å². The molecule has 0 saturated heterocycles. The number of benzene rings is 2. The quantitative estimate of drug-likeness (QED) is 0.835. The van der Waals surface area contributed by atoms with Crippen LogP contribution in [0.1, 0.15) is 18.4 Å². The van der Waals surface area contributed by atoms with E-state index in [1.165, 1.54) is 23.8 Å². The SMILES string of the molecule is CS(=O)(=O)c1ccc(NCC2(c3ccccc3)CC2)c(S(C)(=O)=O)c1. The summed E-state index contributed by atoms with van der Waals surface area (Å²) >= 11 is 0. The van der Waals surface area contributed by atoms with Crippen LogP contribution in [0.15, 0.2) is 58.3 Å². The van der Waals surface area contributed by atoms with Gasteiger partial charge < -0.3 is 5.32 Å². The van der Waals surface area contributed by atoms with Crippen molar-refractivity contribution in [2.24, 2.45) is 0 Å². The predicted molar refractivity (Wildman–Crippen MR) is 98.5 cm³/mol. The van der Waals surface area contributed by atoms with Crippen molar-refractivity contribution < 1.29 is 16.8 Å². The molecule has 0 aromatic heterocycles. The Morgan fingerprint density at radius 1 is 0.920 bits per heavy atom. The lowest BCUT2D eigenvalue weighted by atomic mass is 9.96. The highest BCUT2D eigenvalue weighted by Crippen LogP contribution is 2.48. The number of anilines is 1. The molecular weight excluding hydrogens is 358 g/mol. The number of sulfone groups is 2. The number of rotatable bonds is 6. The molecule has 1 aliphatic carbocycles. The fourth-order valence-electron chi connectivity index (χ4n) is 2.96. The lowest BCUT2D eigenvalue weighted by molar-refractivity contribution is 0.600. The summed E-state index contributed by atoms with van der Waals surface area (Å²) in [5, 5.41) is 3.23. The van der Waals surface area contributed by atoms with E-state index < -0.39 is 19.7 Å². The minimum absolute atomic E-state index is 0.00247. The van der Waals surface area contributed by atoms with Gasteiger partial charge in [-0.2, -0.15) is 0 Å². The Bertz CT molecular complexity index is 993. The highest BCUT2D eigenvalue weighted by atomic mass is 32.2. The summed E-state index contributed by atoms with van der Waals surface area (Å²) < 4.78 is 47.7. The van der Waals surface area contributed by atoms with Gasteiger partial charge in [0.1, 0.15) is 0 Å². The summed E-state index contributed by atoms with van der Waals surface area (Å²) in [5.41, 5.74) is 1.69. The Morgan fingerprint density at radius 2 is 1.56 bits per heavy atom. The van der Waals surface area contributed by atoms with Crippen LogP contribution in [0.25, 0.3) is 0 Å². The van der Waals surface area contributed by atoms with Gasteiger partial charge in [0, 0.05) is 24.5 Å². The van der Waals surface area contributed by atoms with Crippen molar-refractivity contribution in [3.8, 4) is 0 Å². The van der Waals surface area contributed by atoms with Crippen molar-refractivity contribution in [2.45, 2.75) is 28.0 Å². The molecule has 1 N–H and O–H groups in total. The van der Waals surface area contributed by atoms with Gasteiger partial charge in [-0.15, -0.1) is 0 Å². The Morgan fingerprint density at radius 3 is 2.08 bits per heavy atom. The topological polar surface area (TPSA) is 80.3 Å². The summed E-state index contributed by atoms with van der Waals surface area (Å²) in [5.74, 6) is 0. The molecule has 25 heavy (non-hydrogen) atoms. The van der Waals surface area contributed by atoms with Crippen LogP contribution in [0.5, 0.6) is 0 Å². The van der Waals surface area contributed by atoms with E-state index in [0.29, 0.717) is 12.2 Å². The second kappa shape index (κ2) is 6.14. The van der Waals surface area contributed by atoms with Crippen LogP contribution in [0, 0.1) is 0 Å². The van der Waals surface area contributed by atoms with Gasteiger partial charge in [-0.05, 0) is 36.6 Å². The third-order valence-electron chi connectivity index (χ3n) is 4.64. The normalized spacial score (nSPS) is 16.4. The average molecular weight is 380 g/mol. The van der Waals surface area contributed by atoms with Gasteiger partial charge >= 0.3 is 0 Å². The third-order valence-corrected chi connectivity index (χ3v) is 6.88. The molecule has 0 heterocycles. The van der Waals surface area contributed by atoms with Crippen molar-refractivity contribution >= 4 is 25.4 Å². The largest absolute Gasteiger partial charge is 0.383 e. The third kappa shape index (κ3) is 3.88. The number of hydrogen-bond donors (Lipinski definition) is 1. The summed E-state index contributed by atoms with van der Waals surface area (Å²) in [6.45, 7) is 0.609. The van der Waals surface area contributed by atoms with Gasteiger partial charge in [0.15, 0.2) is 19.7 Å². The molecule has 3 rings (SSSR count). The minimum atomic E-state index is -3.56. The monoisotopic (exact) mass is 379 g/mol. The van der Waals surface area contributed by atoms with E-state index in [-0.39, 0.29) is 15.2 Å². The second-order valence-electron chi connectivity index (χ2n) is 6.70. The first kappa shape index (κ1) is 17.9. The molecule has 1 saturated carbocycles. The highest BCUT2D eigenvalue weighted by molar-refractivity contribution is 7.91. The molecule has 2 aromatic carbocycles. The Balaban J connectivity index is 1.91. The van der Waals surface area contributed by atoms with Crippen LogP contribution >= 0.6 is 0 Å². The molecule has 0 atom stereocenters. The Labute approximate surface area is 148 Å². The second-order valence-corrected chi connectivity index (χ2v) is 10.7. The summed E-state index contributed by atoms with van der Waals surface area (Å²) in [4.78, 5) is 0.0157. The Kier molecular flexibility index (Phi) is 4.41. The minimum Gasteiger partial charge on any atom is -0.383 e. The fourth-order valence-corrected chi connectivity index (χ4v) is 4.56. The average Bonchev–Trinajstić information content (AvgIpc) is 3.33. The van der Waals surface area contributed by atoms with Gasteiger partial charge in [-0.25, -0.2) is 16.8 Å². The summed E-state index contributed by atoms with van der Waals surface area (Å²) in [7, 11) is -7.02. The van der Waals surface area contributed by atoms with Gasteiger partial charge in [0.25, 0.3) is 0 Å². The molecule has 0 radical (unpaired) electrons. The lowest BCUT2D eigenvalue weighted by Gasteiger charge is -2.19. The lowest BCUT2D eigenvalue weighted by Crippen LogP contribution is -2.20. The maximum absolute atomic E-state index is 12.1. The van der Waals surface area contributed by atoms with Gasteiger partial charge in [0.2, 0.25) is 0 Å². The van der Waals surface area contributed by atoms with Crippen LogP contribution in [0.3, 0.4) is 0 Å². The first-order valence-corrected chi connectivity index (χ1v) is 11.7.